The van der Waals surface area contributed by atoms with Gasteiger partial charge < -0.3 is 15.2 Å². The third-order valence-corrected chi connectivity index (χ3v) is 2.76. The monoisotopic (exact) mass is 349 g/mol. The number of ether oxygens (including phenoxy) is 1. The fourth-order valence-electron chi connectivity index (χ4n) is 1.18. The van der Waals surface area contributed by atoms with Crippen molar-refractivity contribution in [1.82, 2.24) is 5.32 Å². The van der Waals surface area contributed by atoms with Crippen molar-refractivity contribution in [3.8, 4) is 5.75 Å². The van der Waals surface area contributed by atoms with Gasteiger partial charge in [-0.05, 0) is 49.4 Å². The van der Waals surface area contributed by atoms with Gasteiger partial charge in [0, 0.05) is 12.1 Å². The number of rotatable bonds is 2. The third kappa shape index (κ3) is 4.80. The van der Waals surface area contributed by atoms with E-state index in [1.807, 2.05) is 28.7 Å². The quantitative estimate of drug-likeness (QED) is 0.807. The molecule has 0 saturated heterocycles. The van der Waals surface area contributed by atoms with Crippen LogP contribution in [0.5, 0.6) is 5.75 Å². The van der Waals surface area contributed by atoms with Crippen LogP contribution in [0.25, 0.3) is 0 Å². The molecule has 0 fully saturated rings. The molecule has 1 aromatic carbocycles. The molecule has 2 N–H and O–H groups in total. The Hall–Kier alpha value is -0.980. The number of amides is 1. The molecule has 0 aromatic heterocycles. The molecule has 0 spiro atoms. The number of para-hydroxylation sites is 1. The summed E-state index contributed by atoms with van der Waals surface area (Å²) in [5.74, 6) is 0.198. The smallest absolute Gasteiger partial charge is 0.407 e. The number of carbonyl (C=O) groups is 1. The SMILES string of the molecule is CC(C)(C)OC(=O)NCc1cccc(I)c1O. The minimum Gasteiger partial charge on any atom is -0.506 e. The van der Waals surface area contributed by atoms with E-state index in [-0.39, 0.29) is 12.3 Å². The fraction of sp³-hybridized carbons (Fsp3) is 0.417. The predicted octanol–water partition coefficient (Wildman–Crippen LogP) is 3.02. The highest BCUT2D eigenvalue weighted by atomic mass is 127. The Kier molecular flexibility index (Phi) is 4.62. The van der Waals surface area contributed by atoms with E-state index in [0.717, 1.165) is 3.57 Å². The molecule has 1 amide bonds. The molecule has 0 radical (unpaired) electrons. The van der Waals surface area contributed by atoms with Crippen molar-refractivity contribution in [3.63, 3.8) is 0 Å². The molecule has 1 aromatic rings. The van der Waals surface area contributed by atoms with Crippen LogP contribution >= 0.6 is 22.6 Å². The largest absolute Gasteiger partial charge is 0.506 e. The number of carbonyl (C=O) groups excluding carboxylic acids is 1. The average Bonchev–Trinajstić information content (AvgIpc) is 2.18. The van der Waals surface area contributed by atoms with Crippen molar-refractivity contribution in [2.45, 2.75) is 32.9 Å². The van der Waals surface area contributed by atoms with E-state index in [9.17, 15) is 9.90 Å². The first-order chi connectivity index (χ1) is 7.79. The zero-order valence-electron chi connectivity index (χ0n) is 10.1. The van der Waals surface area contributed by atoms with E-state index < -0.39 is 11.7 Å². The number of hydrogen-bond donors (Lipinski definition) is 2. The van der Waals surface area contributed by atoms with Crippen molar-refractivity contribution in [1.29, 1.82) is 0 Å². The van der Waals surface area contributed by atoms with Crippen molar-refractivity contribution in [3.05, 3.63) is 27.3 Å². The zero-order valence-corrected chi connectivity index (χ0v) is 12.2. The summed E-state index contributed by atoms with van der Waals surface area (Å²) in [6.07, 6.45) is -0.490. The maximum absolute atomic E-state index is 11.4. The van der Waals surface area contributed by atoms with E-state index in [4.69, 9.17) is 4.74 Å². The van der Waals surface area contributed by atoms with Crippen LogP contribution in [0.4, 0.5) is 4.79 Å². The molecular formula is C12H16INO3. The normalized spacial score (nSPS) is 11.1. The molecule has 4 nitrogen and oxygen atoms in total. The van der Waals surface area contributed by atoms with Gasteiger partial charge in [-0.2, -0.15) is 0 Å². The van der Waals surface area contributed by atoms with Gasteiger partial charge in [0.2, 0.25) is 0 Å². The first kappa shape index (κ1) is 14.1. The van der Waals surface area contributed by atoms with Crippen LogP contribution in [0.2, 0.25) is 0 Å². The highest BCUT2D eigenvalue weighted by Crippen LogP contribution is 2.23. The number of benzene rings is 1. The average molecular weight is 349 g/mol. The Labute approximate surface area is 115 Å². The second kappa shape index (κ2) is 5.57. The Bertz CT molecular complexity index is 413. The highest BCUT2D eigenvalue weighted by Gasteiger charge is 2.16. The molecule has 0 unspecified atom stereocenters. The summed E-state index contributed by atoms with van der Waals surface area (Å²) < 4.78 is 5.85. The van der Waals surface area contributed by atoms with Gasteiger partial charge in [-0.3, -0.25) is 0 Å². The summed E-state index contributed by atoms with van der Waals surface area (Å²) in [5, 5.41) is 12.3. The first-order valence-corrected chi connectivity index (χ1v) is 6.30. The summed E-state index contributed by atoms with van der Waals surface area (Å²) in [5.41, 5.74) is 0.153. The summed E-state index contributed by atoms with van der Waals surface area (Å²) in [7, 11) is 0. The second-order valence-corrected chi connectivity index (χ2v) is 5.77. The van der Waals surface area contributed by atoms with Crippen LogP contribution in [0.1, 0.15) is 26.3 Å². The van der Waals surface area contributed by atoms with E-state index in [1.165, 1.54) is 0 Å². The topological polar surface area (TPSA) is 58.6 Å². The van der Waals surface area contributed by atoms with Crippen LogP contribution < -0.4 is 5.32 Å². The molecular weight excluding hydrogens is 333 g/mol. The van der Waals surface area contributed by atoms with Gasteiger partial charge in [0.05, 0.1) is 3.57 Å². The number of aromatic hydroxyl groups is 1. The molecule has 0 bridgehead atoms. The van der Waals surface area contributed by atoms with Crippen LogP contribution in [-0.2, 0) is 11.3 Å². The molecule has 0 aliphatic carbocycles. The Balaban J connectivity index is 2.56. The summed E-state index contributed by atoms with van der Waals surface area (Å²) in [6, 6.07) is 5.38. The van der Waals surface area contributed by atoms with Gasteiger partial charge in [0.25, 0.3) is 0 Å². The lowest BCUT2D eigenvalue weighted by Crippen LogP contribution is -2.32. The predicted molar refractivity (Wildman–Crippen MR) is 73.9 cm³/mol. The molecule has 0 heterocycles. The molecule has 5 heteroatoms. The van der Waals surface area contributed by atoms with E-state index >= 15 is 0 Å². The molecule has 0 aliphatic rings. The summed E-state index contributed by atoms with van der Waals surface area (Å²) in [6.45, 7) is 5.65. The lowest BCUT2D eigenvalue weighted by atomic mass is 10.2. The Morgan fingerprint density at radius 2 is 2.12 bits per heavy atom. The second-order valence-electron chi connectivity index (χ2n) is 4.60. The van der Waals surface area contributed by atoms with Crippen molar-refractivity contribution < 1.29 is 14.6 Å². The van der Waals surface area contributed by atoms with E-state index in [0.29, 0.717) is 5.56 Å². The summed E-state index contributed by atoms with van der Waals surface area (Å²) >= 11 is 2.04. The van der Waals surface area contributed by atoms with E-state index in [2.05, 4.69) is 5.32 Å². The van der Waals surface area contributed by atoms with Gasteiger partial charge in [-0.15, -0.1) is 0 Å². The molecule has 1 rings (SSSR count). The van der Waals surface area contributed by atoms with Crippen molar-refractivity contribution in [2.75, 3.05) is 0 Å². The number of nitrogens with one attached hydrogen (secondary N) is 1. The molecule has 94 valence electrons. The fourth-order valence-corrected chi connectivity index (χ4v) is 1.74. The lowest BCUT2D eigenvalue weighted by Gasteiger charge is -2.19. The minimum atomic E-state index is -0.517. The number of alkyl carbamates (subject to hydrolysis) is 1. The van der Waals surface area contributed by atoms with Crippen molar-refractivity contribution >= 4 is 28.7 Å². The van der Waals surface area contributed by atoms with Gasteiger partial charge in [0.15, 0.2) is 0 Å². The van der Waals surface area contributed by atoms with Crippen molar-refractivity contribution in [2.24, 2.45) is 0 Å². The number of hydrogen-bond acceptors (Lipinski definition) is 3. The summed E-state index contributed by atoms with van der Waals surface area (Å²) in [4.78, 5) is 11.4. The maximum atomic E-state index is 11.4. The molecule has 17 heavy (non-hydrogen) atoms. The van der Waals surface area contributed by atoms with Crippen LogP contribution in [0.3, 0.4) is 0 Å². The third-order valence-electron chi connectivity index (χ3n) is 1.89. The lowest BCUT2D eigenvalue weighted by molar-refractivity contribution is 0.0523. The number of halogens is 1. The Morgan fingerprint density at radius 3 is 2.71 bits per heavy atom. The molecule has 0 saturated carbocycles. The number of phenols is 1. The first-order valence-electron chi connectivity index (χ1n) is 5.23. The van der Waals surface area contributed by atoms with E-state index in [1.54, 1.807) is 32.9 Å². The van der Waals surface area contributed by atoms with Gasteiger partial charge in [0.1, 0.15) is 11.4 Å². The molecule has 0 aliphatic heterocycles. The molecule has 0 atom stereocenters. The minimum absolute atomic E-state index is 0.198. The van der Waals surface area contributed by atoms with Crippen LogP contribution in [-0.4, -0.2) is 16.8 Å². The zero-order chi connectivity index (χ0) is 13.1. The number of phenolic OH excluding ortho intramolecular Hbond substituents is 1. The van der Waals surface area contributed by atoms with Gasteiger partial charge in [-0.1, -0.05) is 12.1 Å². The standard InChI is InChI=1S/C12H16INO3/c1-12(2,3)17-11(16)14-7-8-5-4-6-9(13)10(8)15/h4-6,15H,7H2,1-3H3,(H,14,16). The highest BCUT2D eigenvalue weighted by molar-refractivity contribution is 14.1. The van der Waals surface area contributed by atoms with Gasteiger partial charge >= 0.3 is 6.09 Å². The van der Waals surface area contributed by atoms with Gasteiger partial charge in [-0.25, -0.2) is 4.79 Å². The van der Waals surface area contributed by atoms with Crippen LogP contribution in [0, 0.1) is 3.57 Å². The Morgan fingerprint density at radius 1 is 1.47 bits per heavy atom. The maximum Gasteiger partial charge on any atom is 0.407 e. The van der Waals surface area contributed by atoms with Crippen LogP contribution in [0.15, 0.2) is 18.2 Å².